The summed E-state index contributed by atoms with van der Waals surface area (Å²) >= 11 is 1.71. The van der Waals surface area contributed by atoms with Gasteiger partial charge in [-0.3, -0.25) is 4.79 Å². The van der Waals surface area contributed by atoms with Gasteiger partial charge in [-0.1, -0.05) is 6.08 Å². The van der Waals surface area contributed by atoms with E-state index in [9.17, 15) is 4.79 Å². The van der Waals surface area contributed by atoms with Crippen molar-refractivity contribution in [1.82, 2.24) is 0 Å². The molecule has 98 valence electrons. The maximum absolute atomic E-state index is 12.0. The van der Waals surface area contributed by atoms with Crippen molar-refractivity contribution in [2.45, 2.75) is 29.5 Å². The molecular formula is C14H15N3OS. The summed E-state index contributed by atoms with van der Waals surface area (Å²) in [5.41, 5.74) is 8.07. The molecule has 5 heteroatoms. The van der Waals surface area contributed by atoms with E-state index in [2.05, 4.69) is 0 Å². The van der Waals surface area contributed by atoms with Gasteiger partial charge in [0, 0.05) is 34.9 Å². The van der Waals surface area contributed by atoms with Crippen LogP contribution in [0.3, 0.4) is 0 Å². The van der Waals surface area contributed by atoms with Crippen LogP contribution in [-0.2, 0) is 4.79 Å². The molecule has 19 heavy (non-hydrogen) atoms. The van der Waals surface area contributed by atoms with Gasteiger partial charge in [0.25, 0.3) is 0 Å². The zero-order valence-corrected chi connectivity index (χ0v) is 11.4. The smallest absolute Gasteiger partial charge is 0.224 e. The van der Waals surface area contributed by atoms with Crippen molar-refractivity contribution in [2.75, 3.05) is 10.6 Å². The molecule has 1 amide bonds. The number of nitrogen functional groups attached to an aromatic ring is 1. The molecule has 2 atom stereocenters. The van der Waals surface area contributed by atoms with Crippen molar-refractivity contribution in [1.29, 1.82) is 5.41 Å². The van der Waals surface area contributed by atoms with Gasteiger partial charge in [0.05, 0.1) is 11.7 Å². The van der Waals surface area contributed by atoms with E-state index in [0.717, 1.165) is 10.6 Å². The summed E-state index contributed by atoms with van der Waals surface area (Å²) in [6.07, 6.45) is 4.45. The Kier molecular flexibility index (Phi) is 2.86. The SMILES string of the molecule is CC(=O)N1c2ccc(N)cc2SC2CC(=N)C=CC21. The van der Waals surface area contributed by atoms with E-state index < -0.39 is 0 Å². The number of hydrogen-bond donors (Lipinski definition) is 2. The van der Waals surface area contributed by atoms with Crippen LogP contribution in [0.15, 0.2) is 35.2 Å². The van der Waals surface area contributed by atoms with Crippen molar-refractivity contribution in [3.63, 3.8) is 0 Å². The maximum atomic E-state index is 12.0. The third-order valence-corrected chi connectivity index (χ3v) is 4.78. The zero-order valence-electron chi connectivity index (χ0n) is 10.6. The summed E-state index contributed by atoms with van der Waals surface area (Å²) in [5, 5.41) is 7.99. The lowest BCUT2D eigenvalue weighted by atomic mass is 9.98. The van der Waals surface area contributed by atoms with Crippen LogP contribution in [-0.4, -0.2) is 22.9 Å². The minimum atomic E-state index is 0.0272. The Morgan fingerprint density at radius 2 is 2.32 bits per heavy atom. The Bertz CT molecular complexity index is 596. The number of rotatable bonds is 0. The van der Waals surface area contributed by atoms with Crippen LogP contribution in [0, 0.1) is 5.41 Å². The fraction of sp³-hybridized carbons (Fsp3) is 0.286. The molecule has 1 aliphatic carbocycles. The van der Waals surface area contributed by atoms with E-state index in [4.69, 9.17) is 11.1 Å². The summed E-state index contributed by atoms with van der Waals surface area (Å²) in [7, 11) is 0. The summed E-state index contributed by atoms with van der Waals surface area (Å²) in [4.78, 5) is 14.8. The molecule has 1 aromatic carbocycles. The Morgan fingerprint density at radius 1 is 1.53 bits per heavy atom. The van der Waals surface area contributed by atoms with Crippen LogP contribution in [0.2, 0.25) is 0 Å². The first-order chi connectivity index (χ1) is 9.06. The monoisotopic (exact) mass is 273 g/mol. The predicted molar refractivity (Wildman–Crippen MR) is 78.9 cm³/mol. The number of nitrogens with zero attached hydrogens (tertiary/aromatic N) is 1. The molecule has 0 bridgehead atoms. The first-order valence-electron chi connectivity index (χ1n) is 6.18. The fourth-order valence-corrected chi connectivity index (χ4v) is 4.07. The second kappa shape index (κ2) is 4.42. The summed E-state index contributed by atoms with van der Waals surface area (Å²) < 4.78 is 0. The Balaban J connectivity index is 2.11. The highest BCUT2D eigenvalue weighted by molar-refractivity contribution is 8.00. The van der Waals surface area contributed by atoms with Crippen molar-refractivity contribution in [2.24, 2.45) is 0 Å². The van der Waals surface area contributed by atoms with E-state index in [1.54, 1.807) is 24.8 Å². The van der Waals surface area contributed by atoms with Crippen molar-refractivity contribution in [3.05, 3.63) is 30.4 Å². The molecule has 0 aromatic heterocycles. The third-order valence-electron chi connectivity index (χ3n) is 3.46. The number of hydrogen-bond acceptors (Lipinski definition) is 4. The molecule has 2 unspecified atom stereocenters. The van der Waals surface area contributed by atoms with E-state index in [1.807, 2.05) is 29.2 Å². The standard InChI is InChI=1S/C14H15N3OS/c1-8(18)17-11-4-2-9(15)6-13(11)19-14-7-10(16)3-5-12(14)17/h2-6,12,14,16H,7,15H2,1H3. The number of carbonyl (C=O) groups excluding carboxylic acids is 1. The minimum Gasteiger partial charge on any atom is -0.399 e. The topological polar surface area (TPSA) is 70.2 Å². The first kappa shape index (κ1) is 12.3. The maximum Gasteiger partial charge on any atom is 0.224 e. The van der Waals surface area contributed by atoms with Crippen LogP contribution in [0.4, 0.5) is 11.4 Å². The second-order valence-corrected chi connectivity index (χ2v) is 6.13. The van der Waals surface area contributed by atoms with Crippen molar-refractivity contribution < 1.29 is 4.79 Å². The number of anilines is 2. The lowest BCUT2D eigenvalue weighted by Crippen LogP contribution is -2.48. The molecule has 1 aromatic rings. The number of nitrogens with one attached hydrogen (secondary N) is 1. The summed E-state index contributed by atoms with van der Waals surface area (Å²) in [6, 6.07) is 5.68. The van der Waals surface area contributed by atoms with Crippen LogP contribution < -0.4 is 10.6 Å². The van der Waals surface area contributed by atoms with E-state index in [1.165, 1.54) is 0 Å². The zero-order chi connectivity index (χ0) is 13.6. The largest absolute Gasteiger partial charge is 0.399 e. The van der Waals surface area contributed by atoms with Gasteiger partial charge in [0.1, 0.15) is 0 Å². The number of thioether (sulfide) groups is 1. The number of amides is 1. The Labute approximate surface area is 116 Å². The van der Waals surface area contributed by atoms with Gasteiger partial charge in [-0.2, -0.15) is 0 Å². The summed E-state index contributed by atoms with van der Waals surface area (Å²) in [6.45, 7) is 1.58. The van der Waals surface area contributed by atoms with Gasteiger partial charge in [0.2, 0.25) is 5.91 Å². The highest BCUT2D eigenvalue weighted by Crippen LogP contribution is 2.45. The van der Waals surface area contributed by atoms with E-state index in [-0.39, 0.29) is 17.2 Å². The second-order valence-electron chi connectivity index (χ2n) is 4.85. The molecule has 0 spiro atoms. The number of nitrogens with two attached hydrogens (primary N) is 1. The number of benzene rings is 1. The minimum absolute atomic E-state index is 0.0272. The van der Waals surface area contributed by atoms with Crippen LogP contribution in [0.25, 0.3) is 0 Å². The molecule has 3 N–H and O–H groups in total. The highest BCUT2D eigenvalue weighted by atomic mass is 32.2. The van der Waals surface area contributed by atoms with Gasteiger partial charge in [-0.15, -0.1) is 11.8 Å². The molecule has 0 radical (unpaired) electrons. The quantitative estimate of drug-likeness (QED) is 0.713. The number of carbonyl (C=O) groups is 1. The normalized spacial score (nSPS) is 24.9. The van der Waals surface area contributed by atoms with Crippen molar-refractivity contribution in [3.8, 4) is 0 Å². The molecule has 4 nitrogen and oxygen atoms in total. The van der Waals surface area contributed by atoms with Crippen LogP contribution in [0.1, 0.15) is 13.3 Å². The average molecular weight is 273 g/mol. The molecule has 3 rings (SSSR count). The lowest BCUT2D eigenvalue weighted by molar-refractivity contribution is -0.116. The van der Waals surface area contributed by atoms with Crippen LogP contribution >= 0.6 is 11.8 Å². The highest BCUT2D eigenvalue weighted by Gasteiger charge is 2.37. The lowest BCUT2D eigenvalue weighted by Gasteiger charge is -2.41. The molecule has 1 heterocycles. The molecule has 0 fully saturated rings. The predicted octanol–water partition coefficient (Wildman–Crippen LogP) is 2.44. The molecule has 2 aliphatic rings. The van der Waals surface area contributed by atoms with Crippen molar-refractivity contribution >= 4 is 34.8 Å². The Hall–Kier alpha value is -1.75. The van der Waals surface area contributed by atoms with Crippen LogP contribution in [0.5, 0.6) is 0 Å². The van der Waals surface area contributed by atoms with E-state index >= 15 is 0 Å². The van der Waals surface area contributed by atoms with Gasteiger partial charge < -0.3 is 16.0 Å². The van der Waals surface area contributed by atoms with Gasteiger partial charge in [-0.25, -0.2) is 0 Å². The first-order valence-corrected chi connectivity index (χ1v) is 7.06. The molecule has 0 saturated carbocycles. The van der Waals surface area contributed by atoms with Gasteiger partial charge >= 0.3 is 0 Å². The third kappa shape index (κ3) is 2.04. The van der Waals surface area contributed by atoms with E-state index in [0.29, 0.717) is 17.8 Å². The molecule has 1 aliphatic heterocycles. The summed E-state index contributed by atoms with van der Waals surface area (Å²) in [5.74, 6) is 0.0272. The number of allylic oxidation sites excluding steroid dienone is 1. The number of fused-ring (bicyclic) bond motifs is 2. The Morgan fingerprint density at radius 3 is 3.05 bits per heavy atom. The molecule has 0 saturated heterocycles. The molecular weight excluding hydrogens is 258 g/mol. The van der Waals surface area contributed by atoms with Gasteiger partial charge in [0.15, 0.2) is 0 Å². The average Bonchev–Trinajstić information content (AvgIpc) is 2.35. The fourth-order valence-electron chi connectivity index (χ4n) is 2.64. The van der Waals surface area contributed by atoms with Gasteiger partial charge in [-0.05, 0) is 24.3 Å².